The van der Waals surface area contributed by atoms with Gasteiger partial charge >= 0.3 is 0 Å². The van der Waals surface area contributed by atoms with Crippen molar-refractivity contribution in [2.75, 3.05) is 0 Å². The van der Waals surface area contributed by atoms with E-state index in [1.165, 1.54) is 16.7 Å². The highest BCUT2D eigenvalue weighted by atomic mass is 14.9. The molecule has 0 radical (unpaired) electrons. The molecule has 3 rings (SSSR count). The van der Waals surface area contributed by atoms with Crippen LogP contribution >= 0.6 is 0 Å². The monoisotopic (exact) mass is 317 g/mol. The summed E-state index contributed by atoms with van der Waals surface area (Å²) in [7, 11) is 0. The molecule has 0 bridgehead atoms. The van der Waals surface area contributed by atoms with Gasteiger partial charge in [-0.2, -0.15) is 0 Å². The largest absolute Gasteiger partial charge is 0.309 e. The summed E-state index contributed by atoms with van der Waals surface area (Å²) in [5.74, 6) is 0. The first-order valence-electron chi connectivity index (χ1n) is 8.33. The average molecular weight is 317 g/mol. The Bertz CT molecular complexity index is 645. The normalized spacial score (nSPS) is 10.7. The zero-order valence-electron chi connectivity index (χ0n) is 13.8. The Morgan fingerprint density at radius 1 is 0.542 bits per heavy atom. The molecule has 1 heterocycles. The van der Waals surface area contributed by atoms with Gasteiger partial charge in [0, 0.05) is 32.4 Å². The summed E-state index contributed by atoms with van der Waals surface area (Å²) < 4.78 is 0. The Labute approximate surface area is 143 Å². The van der Waals surface area contributed by atoms with Gasteiger partial charge in [0.25, 0.3) is 0 Å². The third kappa shape index (κ3) is 5.30. The molecule has 24 heavy (non-hydrogen) atoms. The molecule has 2 aromatic carbocycles. The summed E-state index contributed by atoms with van der Waals surface area (Å²) in [5.41, 5.74) is 4.86. The van der Waals surface area contributed by atoms with Crippen LogP contribution in [0.1, 0.15) is 22.4 Å². The topological polar surface area (TPSA) is 37.0 Å². The van der Waals surface area contributed by atoms with E-state index in [1.807, 2.05) is 18.3 Å². The second kappa shape index (κ2) is 8.96. The van der Waals surface area contributed by atoms with Crippen LogP contribution in [0, 0.1) is 0 Å². The Hall–Kier alpha value is -2.49. The molecular weight excluding hydrogens is 294 g/mol. The van der Waals surface area contributed by atoms with Gasteiger partial charge in [-0.25, -0.2) is 0 Å². The minimum absolute atomic E-state index is 0.784. The third-order valence-electron chi connectivity index (χ3n) is 3.87. The highest BCUT2D eigenvalue weighted by molar-refractivity contribution is 5.17. The van der Waals surface area contributed by atoms with Crippen LogP contribution in [0.5, 0.6) is 0 Å². The van der Waals surface area contributed by atoms with Crippen LogP contribution in [0.2, 0.25) is 0 Å². The molecule has 122 valence electrons. The zero-order valence-corrected chi connectivity index (χ0v) is 13.8. The molecule has 3 aromatic rings. The molecule has 0 saturated carbocycles. The molecule has 0 aliphatic carbocycles. The molecule has 0 saturated heterocycles. The number of nitrogens with one attached hydrogen (secondary N) is 2. The molecule has 0 fully saturated rings. The van der Waals surface area contributed by atoms with Crippen LogP contribution in [0.25, 0.3) is 0 Å². The number of pyridine rings is 1. The molecule has 0 amide bonds. The minimum Gasteiger partial charge on any atom is -0.309 e. The van der Waals surface area contributed by atoms with Crippen LogP contribution in [0.4, 0.5) is 0 Å². The van der Waals surface area contributed by atoms with Crippen molar-refractivity contribution in [2.45, 2.75) is 26.2 Å². The second-order valence-corrected chi connectivity index (χ2v) is 5.84. The lowest BCUT2D eigenvalue weighted by atomic mass is 10.2. The molecule has 0 aliphatic heterocycles. The number of nitrogens with zero attached hydrogens (tertiary/aromatic N) is 1. The first-order valence-corrected chi connectivity index (χ1v) is 8.33. The first kappa shape index (κ1) is 16.4. The van der Waals surface area contributed by atoms with Gasteiger partial charge < -0.3 is 10.6 Å². The van der Waals surface area contributed by atoms with Crippen LogP contribution in [-0.2, 0) is 26.2 Å². The first-order chi connectivity index (χ1) is 11.9. The summed E-state index contributed by atoms with van der Waals surface area (Å²) in [4.78, 5) is 4.53. The van der Waals surface area contributed by atoms with E-state index in [9.17, 15) is 0 Å². The SMILES string of the molecule is c1ccc(CNCc2ccc(CNCc3ccccc3)nc2)cc1. The maximum Gasteiger partial charge on any atom is 0.0541 e. The van der Waals surface area contributed by atoms with E-state index >= 15 is 0 Å². The van der Waals surface area contributed by atoms with Gasteiger partial charge in [0.2, 0.25) is 0 Å². The van der Waals surface area contributed by atoms with Gasteiger partial charge in [-0.3, -0.25) is 4.98 Å². The summed E-state index contributed by atoms with van der Waals surface area (Å²) >= 11 is 0. The minimum atomic E-state index is 0.784. The molecule has 1 aromatic heterocycles. The fraction of sp³-hybridized carbons (Fsp3) is 0.190. The second-order valence-electron chi connectivity index (χ2n) is 5.84. The van der Waals surface area contributed by atoms with Crippen LogP contribution in [0.15, 0.2) is 79.0 Å². The van der Waals surface area contributed by atoms with Crippen molar-refractivity contribution in [3.63, 3.8) is 0 Å². The van der Waals surface area contributed by atoms with Gasteiger partial charge in [-0.1, -0.05) is 66.7 Å². The van der Waals surface area contributed by atoms with Crippen LogP contribution < -0.4 is 10.6 Å². The summed E-state index contributed by atoms with van der Waals surface area (Å²) in [6, 6.07) is 25.1. The van der Waals surface area contributed by atoms with E-state index < -0.39 is 0 Å². The van der Waals surface area contributed by atoms with Gasteiger partial charge in [-0.15, -0.1) is 0 Å². The molecule has 0 spiro atoms. The van der Waals surface area contributed by atoms with E-state index in [0.717, 1.165) is 31.9 Å². The van der Waals surface area contributed by atoms with Crippen molar-refractivity contribution in [3.8, 4) is 0 Å². The standard InChI is InChI=1S/C21H23N3/c1-3-7-18(8-4-1)13-22-15-20-11-12-21(24-16-20)17-23-14-19-9-5-2-6-10-19/h1-12,16,22-23H,13-15,17H2. The maximum absolute atomic E-state index is 4.53. The summed E-state index contributed by atoms with van der Waals surface area (Å²) in [5, 5.41) is 6.87. The highest BCUT2D eigenvalue weighted by Crippen LogP contribution is 2.03. The fourth-order valence-electron chi connectivity index (χ4n) is 2.54. The van der Waals surface area contributed by atoms with E-state index in [0.29, 0.717) is 0 Å². The van der Waals surface area contributed by atoms with Crippen molar-refractivity contribution >= 4 is 0 Å². The van der Waals surface area contributed by atoms with Crippen LogP contribution in [-0.4, -0.2) is 4.98 Å². The van der Waals surface area contributed by atoms with E-state index in [1.54, 1.807) is 0 Å². The fourth-order valence-corrected chi connectivity index (χ4v) is 2.54. The van der Waals surface area contributed by atoms with Crippen molar-refractivity contribution < 1.29 is 0 Å². The zero-order chi connectivity index (χ0) is 16.5. The smallest absolute Gasteiger partial charge is 0.0541 e. The van der Waals surface area contributed by atoms with Gasteiger partial charge in [0.1, 0.15) is 0 Å². The predicted molar refractivity (Wildman–Crippen MR) is 98.2 cm³/mol. The van der Waals surface area contributed by atoms with Crippen LogP contribution in [0.3, 0.4) is 0 Å². The van der Waals surface area contributed by atoms with Gasteiger partial charge in [-0.05, 0) is 22.8 Å². The van der Waals surface area contributed by atoms with Gasteiger partial charge in [0.15, 0.2) is 0 Å². The van der Waals surface area contributed by atoms with E-state index in [-0.39, 0.29) is 0 Å². The van der Waals surface area contributed by atoms with Crippen molar-refractivity contribution in [1.82, 2.24) is 15.6 Å². The highest BCUT2D eigenvalue weighted by Gasteiger charge is 1.98. The number of benzene rings is 2. The molecular formula is C21H23N3. The molecule has 0 unspecified atom stereocenters. The van der Waals surface area contributed by atoms with Crippen molar-refractivity contribution in [2.24, 2.45) is 0 Å². The average Bonchev–Trinajstić information content (AvgIpc) is 2.65. The summed E-state index contributed by atoms with van der Waals surface area (Å²) in [6.45, 7) is 3.36. The molecule has 0 atom stereocenters. The Morgan fingerprint density at radius 3 is 1.62 bits per heavy atom. The number of rotatable bonds is 8. The summed E-state index contributed by atoms with van der Waals surface area (Å²) in [6.07, 6.45) is 1.96. The molecule has 2 N–H and O–H groups in total. The van der Waals surface area contributed by atoms with E-state index in [4.69, 9.17) is 0 Å². The van der Waals surface area contributed by atoms with Crippen molar-refractivity contribution in [3.05, 3.63) is 101 Å². The van der Waals surface area contributed by atoms with Gasteiger partial charge in [0.05, 0.1) is 5.69 Å². The lowest BCUT2D eigenvalue weighted by molar-refractivity contribution is 0.672. The number of aromatic nitrogens is 1. The van der Waals surface area contributed by atoms with Crippen molar-refractivity contribution in [1.29, 1.82) is 0 Å². The number of hydrogen-bond donors (Lipinski definition) is 2. The number of hydrogen-bond acceptors (Lipinski definition) is 3. The molecule has 0 aliphatic rings. The lowest BCUT2D eigenvalue weighted by Gasteiger charge is -2.07. The van der Waals surface area contributed by atoms with E-state index in [2.05, 4.69) is 76.3 Å². The third-order valence-corrected chi connectivity index (χ3v) is 3.87. The Kier molecular flexibility index (Phi) is 6.12. The Morgan fingerprint density at radius 2 is 1.08 bits per heavy atom. The quantitative estimate of drug-likeness (QED) is 0.666. The Balaban J connectivity index is 1.40. The maximum atomic E-state index is 4.53. The molecule has 3 nitrogen and oxygen atoms in total. The molecule has 3 heteroatoms. The lowest BCUT2D eigenvalue weighted by Crippen LogP contribution is -2.15. The predicted octanol–water partition coefficient (Wildman–Crippen LogP) is 3.66.